The second kappa shape index (κ2) is 6.31. The molecule has 24 heavy (non-hydrogen) atoms. The largest absolute Gasteiger partial charge is 0.357 e. The van der Waals surface area contributed by atoms with Gasteiger partial charge in [-0.05, 0) is 49.6 Å². The van der Waals surface area contributed by atoms with Crippen LogP contribution in [0, 0.1) is 0 Å². The topological polar surface area (TPSA) is 73.9 Å². The lowest BCUT2D eigenvalue weighted by Crippen LogP contribution is -2.30. The van der Waals surface area contributed by atoms with Gasteiger partial charge < -0.3 is 10.2 Å². The summed E-state index contributed by atoms with van der Waals surface area (Å²) < 4.78 is 0. The van der Waals surface area contributed by atoms with Gasteiger partial charge in [0.05, 0.1) is 11.7 Å². The zero-order valence-electron chi connectivity index (χ0n) is 13.3. The number of hydrogen-bond donors (Lipinski definition) is 2. The fraction of sp³-hybridized carbons (Fsp3) is 0.278. The number of rotatable bonds is 3. The third kappa shape index (κ3) is 2.95. The Labute approximate surface area is 139 Å². The summed E-state index contributed by atoms with van der Waals surface area (Å²) in [5, 5.41) is 10.9. The lowest BCUT2D eigenvalue weighted by atomic mass is 10.1. The van der Waals surface area contributed by atoms with Crippen molar-refractivity contribution < 1.29 is 4.79 Å². The SMILES string of the molecule is O=C(Nc1ccc2cn[nH]c2c1)c1ccnc(N2CCCCC2)c1. The Hall–Kier alpha value is -2.89. The number of hydrogen-bond acceptors (Lipinski definition) is 4. The fourth-order valence-corrected chi connectivity index (χ4v) is 3.07. The summed E-state index contributed by atoms with van der Waals surface area (Å²) in [6, 6.07) is 9.31. The Morgan fingerprint density at radius 3 is 2.88 bits per heavy atom. The number of amides is 1. The Bertz CT molecular complexity index is 866. The summed E-state index contributed by atoms with van der Waals surface area (Å²) in [5.74, 6) is 0.751. The van der Waals surface area contributed by atoms with Gasteiger partial charge in [-0.3, -0.25) is 9.89 Å². The smallest absolute Gasteiger partial charge is 0.255 e. The van der Waals surface area contributed by atoms with E-state index < -0.39 is 0 Å². The van der Waals surface area contributed by atoms with E-state index in [1.165, 1.54) is 19.3 Å². The van der Waals surface area contributed by atoms with Crippen molar-refractivity contribution in [3.8, 4) is 0 Å². The number of H-pyrrole nitrogens is 1. The highest BCUT2D eigenvalue weighted by Gasteiger charge is 2.14. The molecule has 2 aromatic heterocycles. The van der Waals surface area contributed by atoms with Crippen LogP contribution in [0.2, 0.25) is 0 Å². The van der Waals surface area contributed by atoms with Gasteiger partial charge in [0.1, 0.15) is 5.82 Å². The van der Waals surface area contributed by atoms with E-state index in [1.807, 2.05) is 24.3 Å². The van der Waals surface area contributed by atoms with Gasteiger partial charge in [0, 0.05) is 35.9 Å². The van der Waals surface area contributed by atoms with Crippen LogP contribution in [-0.2, 0) is 0 Å². The van der Waals surface area contributed by atoms with Crippen LogP contribution in [0.1, 0.15) is 29.6 Å². The van der Waals surface area contributed by atoms with Crippen LogP contribution in [-0.4, -0.2) is 34.2 Å². The van der Waals surface area contributed by atoms with Crippen LogP contribution in [0.15, 0.2) is 42.7 Å². The van der Waals surface area contributed by atoms with Crippen molar-refractivity contribution in [2.24, 2.45) is 0 Å². The summed E-state index contributed by atoms with van der Waals surface area (Å²) in [5.41, 5.74) is 2.26. The lowest BCUT2D eigenvalue weighted by Gasteiger charge is -2.27. The molecular weight excluding hydrogens is 302 g/mol. The van der Waals surface area contributed by atoms with Crippen LogP contribution >= 0.6 is 0 Å². The summed E-state index contributed by atoms with van der Waals surface area (Å²) in [7, 11) is 0. The van der Waals surface area contributed by atoms with Crippen molar-refractivity contribution in [1.82, 2.24) is 15.2 Å². The number of carbonyl (C=O) groups excluding carboxylic acids is 1. The first kappa shape index (κ1) is 14.7. The van der Waals surface area contributed by atoms with E-state index in [-0.39, 0.29) is 5.91 Å². The highest BCUT2D eigenvalue weighted by Crippen LogP contribution is 2.20. The minimum atomic E-state index is -0.130. The second-order valence-corrected chi connectivity index (χ2v) is 6.08. The van der Waals surface area contributed by atoms with E-state index in [0.29, 0.717) is 5.56 Å². The highest BCUT2D eigenvalue weighted by atomic mass is 16.1. The number of fused-ring (bicyclic) bond motifs is 1. The molecule has 0 unspecified atom stereocenters. The Morgan fingerprint density at radius 1 is 1.12 bits per heavy atom. The molecule has 1 saturated heterocycles. The Balaban J connectivity index is 1.53. The van der Waals surface area contributed by atoms with Crippen LogP contribution in [0.5, 0.6) is 0 Å². The number of anilines is 2. The third-order valence-electron chi connectivity index (χ3n) is 4.39. The Morgan fingerprint density at radius 2 is 2.00 bits per heavy atom. The van der Waals surface area contributed by atoms with Gasteiger partial charge >= 0.3 is 0 Å². The van der Waals surface area contributed by atoms with Crippen molar-refractivity contribution in [2.45, 2.75) is 19.3 Å². The molecule has 1 aromatic carbocycles. The minimum absolute atomic E-state index is 0.130. The maximum Gasteiger partial charge on any atom is 0.255 e. The van der Waals surface area contributed by atoms with Gasteiger partial charge in [-0.15, -0.1) is 0 Å². The van der Waals surface area contributed by atoms with E-state index in [1.54, 1.807) is 18.5 Å². The maximum atomic E-state index is 12.5. The molecule has 1 amide bonds. The van der Waals surface area contributed by atoms with Crippen molar-refractivity contribution in [3.05, 3.63) is 48.3 Å². The number of aromatic nitrogens is 3. The second-order valence-electron chi connectivity index (χ2n) is 6.08. The molecule has 122 valence electrons. The van der Waals surface area contributed by atoms with E-state index in [4.69, 9.17) is 0 Å². The minimum Gasteiger partial charge on any atom is -0.357 e. The molecule has 1 fully saturated rings. The van der Waals surface area contributed by atoms with Crippen molar-refractivity contribution >= 4 is 28.3 Å². The van der Waals surface area contributed by atoms with Crippen LogP contribution in [0.25, 0.3) is 10.9 Å². The normalized spacial score (nSPS) is 14.8. The predicted octanol–water partition coefficient (Wildman–Crippen LogP) is 3.20. The van der Waals surface area contributed by atoms with Crippen LogP contribution in [0.3, 0.4) is 0 Å². The molecule has 3 heterocycles. The molecule has 0 aliphatic carbocycles. The average molecular weight is 321 g/mol. The lowest BCUT2D eigenvalue weighted by molar-refractivity contribution is 0.102. The molecule has 4 rings (SSSR count). The summed E-state index contributed by atoms with van der Waals surface area (Å²) in [6.07, 6.45) is 7.10. The number of aromatic amines is 1. The first-order valence-electron chi connectivity index (χ1n) is 8.25. The number of pyridine rings is 1. The third-order valence-corrected chi connectivity index (χ3v) is 4.39. The number of carbonyl (C=O) groups is 1. The molecule has 3 aromatic rings. The Kier molecular flexibility index (Phi) is 3.86. The molecule has 0 atom stereocenters. The van der Waals surface area contributed by atoms with E-state index in [2.05, 4.69) is 25.4 Å². The number of benzene rings is 1. The zero-order valence-corrected chi connectivity index (χ0v) is 13.3. The van der Waals surface area contributed by atoms with Crippen LogP contribution < -0.4 is 10.2 Å². The van der Waals surface area contributed by atoms with Crippen molar-refractivity contribution in [1.29, 1.82) is 0 Å². The van der Waals surface area contributed by atoms with Gasteiger partial charge in [0.2, 0.25) is 0 Å². The fourth-order valence-electron chi connectivity index (χ4n) is 3.07. The van der Waals surface area contributed by atoms with Gasteiger partial charge in [0.25, 0.3) is 5.91 Å². The molecule has 0 bridgehead atoms. The molecule has 6 heteroatoms. The standard InChI is InChI=1S/C18H19N5O/c24-18(21-15-5-4-14-12-20-22-16(14)11-15)13-6-7-19-17(10-13)23-8-2-1-3-9-23/h4-7,10-12H,1-3,8-9H2,(H,20,22)(H,21,24). The molecular formula is C18H19N5O. The quantitative estimate of drug-likeness (QED) is 0.777. The molecule has 2 N–H and O–H groups in total. The van der Waals surface area contributed by atoms with Gasteiger partial charge in [0.15, 0.2) is 0 Å². The molecule has 0 spiro atoms. The van der Waals surface area contributed by atoms with Crippen molar-refractivity contribution in [3.63, 3.8) is 0 Å². The molecule has 1 aliphatic heterocycles. The molecule has 1 aliphatic rings. The molecule has 0 saturated carbocycles. The van der Waals surface area contributed by atoms with E-state index in [0.717, 1.165) is 35.5 Å². The van der Waals surface area contributed by atoms with E-state index in [9.17, 15) is 4.79 Å². The zero-order chi connectivity index (χ0) is 16.4. The first-order chi connectivity index (χ1) is 11.8. The first-order valence-corrected chi connectivity index (χ1v) is 8.25. The van der Waals surface area contributed by atoms with Gasteiger partial charge in [-0.25, -0.2) is 4.98 Å². The summed E-state index contributed by atoms with van der Waals surface area (Å²) in [6.45, 7) is 2.02. The van der Waals surface area contributed by atoms with Crippen molar-refractivity contribution in [2.75, 3.05) is 23.3 Å². The number of nitrogens with zero attached hydrogens (tertiary/aromatic N) is 3. The number of nitrogens with one attached hydrogen (secondary N) is 2. The van der Waals surface area contributed by atoms with Gasteiger partial charge in [-0.1, -0.05) is 0 Å². The van der Waals surface area contributed by atoms with Crippen LogP contribution in [0.4, 0.5) is 11.5 Å². The summed E-state index contributed by atoms with van der Waals surface area (Å²) >= 11 is 0. The molecule has 6 nitrogen and oxygen atoms in total. The highest BCUT2D eigenvalue weighted by molar-refractivity contribution is 6.05. The predicted molar refractivity (Wildman–Crippen MR) is 94.3 cm³/mol. The maximum absolute atomic E-state index is 12.5. The molecule has 0 radical (unpaired) electrons. The average Bonchev–Trinajstić information content (AvgIpc) is 3.10. The van der Waals surface area contributed by atoms with Gasteiger partial charge in [-0.2, -0.15) is 5.10 Å². The summed E-state index contributed by atoms with van der Waals surface area (Å²) in [4.78, 5) is 19.2. The number of piperidine rings is 1. The monoisotopic (exact) mass is 321 g/mol. The van der Waals surface area contributed by atoms with E-state index >= 15 is 0 Å².